The van der Waals surface area contributed by atoms with Gasteiger partial charge in [0.05, 0.1) is 32.0 Å². The van der Waals surface area contributed by atoms with Crippen LogP contribution >= 0.6 is 7.82 Å². The molecule has 63 heavy (non-hydrogen) atoms. The van der Waals surface area contributed by atoms with Gasteiger partial charge in [0, 0.05) is 12.8 Å². The molecule has 0 radical (unpaired) electrons. The highest BCUT2D eigenvalue weighted by Crippen LogP contribution is 2.43. The monoisotopic (exact) mass is 913 g/mol. The Bertz CT molecular complexity index is 1220. The minimum absolute atomic E-state index is 0.104. The molecule has 11 nitrogen and oxygen atoms in total. The average Bonchev–Trinajstić information content (AvgIpc) is 4.03. The van der Waals surface area contributed by atoms with E-state index in [0.29, 0.717) is 31.5 Å². The standard InChI is InChI=1S/C51H93O11P/c1-4-6-7-8-27-32-37-48-49(62-48)38-33-28-23-21-25-30-35-40-51(55)61-47(44-60-63(56,57)59-42-46(53)41-52)43-58-50(54)39-34-29-24-20-18-16-14-12-10-9-11-13-15-17-19-22-26-31-36-45(3)5-2/h21,25,27-28,32-33,45-49,52-53H,4-20,22-24,26,29-31,34-44H2,1-3H3,(H,56,57)/b25-21-,32-27-,33-28-/t45?,46-,47+,48?,49?/m0/s1. The van der Waals surface area contributed by atoms with Crippen LogP contribution < -0.4 is 0 Å². The van der Waals surface area contributed by atoms with Crippen molar-refractivity contribution in [2.45, 2.75) is 244 Å². The summed E-state index contributed by atoms with van der Waals surface area (Å²) < 4.78 is 38.6. The number of aliphatic hydroxyl groups is 2. The lowest BCUT2D eigenvalue weighted by Gasteiger charge is -2.20. The number of unbranched alkanes of at least 4 members (excludes halogenated alkanes) is 21. The van der Waals surface area contributed by atoms with Crippen LogP contribution in [-0.2, 0) is 37.4 Å². The second kappa shape index (κ2) is 41.6. The average molecular weight is 913 g/mol. The Kier molecular flexibility index (Phi) is 39.0. The van der Waals surface area contributed by atoms with Gasteiger partial charge in [0.25, 0.3) is 0 Å². The highest BCUT2D eigenvalue weighted by atomic mass is 31.2. The number of epoxide rings is 1. The fourth-order valence-corrected chi connectivity index (χ4v) is 8.09. The van der Waals surface area contributed by atoms with Crippen molar-refractivity contribution < 1.29 is 52.5 Å². The van der Waals surface area contributed by atoms with Crippen LogP contribution in [-0.4, -0.2) is 77.9 Å². The molecule has 0 aliphatic carbocycles. The lowest BCUT2D eigenvalue weighted by atomic mass is 9.99. The van der Waals surface area contributed by atoms with Crippen molar-refractivity contribution in [3.63, 3.8) is 0 Å². The minimum atomic E-state index is -4.64. The molecule has 0 saturated carbocycles. The molecule has 0 aromatic carbocycles. The lowest BCUT2D eigenvalue weighted by molar-refractivity contribution is -0.161. The van der Waals surface area contributed by atoms with Crippen molar-refractivity contribution in [2.75, 3.05) is 26.4 Å². The number of phosphoric ester groups is 1. The van der Waals surface area contributed by atoms with Crippen molar-refractivity contribution in [3.05, 3.63) is 36.5 Å². The van der Waals surface area contributed by atoms with Crippen LogP contribution in [0.5, 0.6) is 0 Å². The first kappa shape index (κ1) is 59.2. The van der Waals surface area contributed by atoms with E-state index in [9.17, 15) is 24.2 Å². The number of carbonyl (C=O) groups is 2. The first-order valence-electron chi connectivity index (χ1n) is 25.5. The second-order valence-electron chi connectivity index (χ2n) is 17.8. The Hall–Kier alpha value is -1.85. The molecule has 0 amide bonds. The zero-order valence-corrected chi connectivity index (χ0v) is 41.0. The first-order chi connectivity index (χ1) is 30.6. The summed E-state index contributed by atoms with van der Waals surface area (Å²) in [6.45, 7) is 4.70. The maximum Gasteiger partial charge on any atom is 0.472 e. The predicted molar refractivity (Wildman–Crippen MR) is 255 cm³/mol. The Balaban J connectivity index is 2.20. The van der Waals surface area contributed by atoms with Gasteiger partial charge in [-0.2, -0.15) is 0 Å². The van der Waals surface area contributed by atoms with E-state index in [1.54, 1.807) is 0 Å². The number of phosphoric acid groups is 1. The highest BCUT2D eigenvalue weighted by molar-refractivity contribution is 7.47. The van der Waals surface area contributed by atoms with Gasteiger partial charge < -0.3 is 29.3 Å². The van der Waals surface area contributed by atoms with Gasteiger partial charge in [-0.15, -0.1) is 0 Å². The molecular weight excluding hydrogens is 820 g/mol. The maximum absolute atomic E-state index is 12.7. The van der Waals surface area contributed by atoms with E-state index >= 15 is 0 Å². The fourth-order valence-electron chi connectivity index (χ4n) is 7.30. The zero-order valence-electron chi connectivity index (χ0n) is 40.2. The Morgan fingerprint density at radius 1 is 0.619 bits per heavy atom. The molecule has 368 valence electrons. The van der Waals surface area contributed by atoms with Gasteiger partial charge in [-0.25, -0.2) is 4.57 Å². The Morgan fingerprint density at radius 3 is 1.68 bits per heavy atom. The normalized spacial score (nSPS) is 17.7. The van der Waals surface area contributed by atoms with Gasteiger partial charge in [0.15, 0.2) is 6.10 Å². The molecule has 0 bridgehead atoms. The molecule has 1 aliphatic rings. The number of aliphatic hydroxyl groups excluding tert-OH is 2. The smallest absolute Gasteiger partial charge is 0.462 e. The van der Waals surface area contributed by atoms with Crippen molar-refractivity contribution >= 4 is 19.8 Å². The third-order valence-electron chi connectivity index (χ3n) is 11.7. The molecule has 1 fully saturated rings. The maximum atomic E-state index is 12.7. The van der Waals surface area contributed by atoms with Crippen LogP contribution in [0, 0.1) is 5.92 Å². The lowest BCUT2D eigenvalue weighted by Crippen LogP contribution is -2.29. The molecule has 1 saturated heterocycles. The van der Waals surface area contributed by atoms with Crippen molar-refractivity contribution in [3.8, 4) is 0 Å². The van der Waals surface area contributed by atoms with E-state index in [4.69, 9.17) is 28.4 Å². The molecule has 0 spiro atoms. The molecule has 12 heteroatoms. The molecule has 0 aromatic heterocycles. The van der Waals surface area contributed by atoms with E-state index < -0.39 is 51.8 Å². The minimum Gasteiger partial charge on any atom is -0.462 e. The third-order valence-corrected chi connectivity index (χ3v) is 12.7. The fraction of sp³-hybridized carbons (Fsp3) is 0.843. The predicted octanol–water partition coefficient (Wildman–Crippen LogP) is 13.1. The molecule has 6 atom stereocenters. The van der Waals surface area contributed by atoms with Crippen molar-refractivity contribution in [2.24, 2.45) is 5.92 Å². The van der Waals surface area contributed by atoms with E-state index in [1.165, 1.54) is 122 Å². The summed E-state index contributed by atoms with van der Waals surface area (Å²) in [6.07, 6.45) is 45.7. The molecule has 1 heterocycles. The molecule has 1 aliphatic heterocycles. The van der Waals surface area contributed by atoms with Gasteiger partial charge in [0.1, 0.15) is 12.7 Å². The van der Waals surface area contributed by atoms with Gasteiger partial charge in [-0.3, -0.25) is 18.6 Å². The molecule has 0 aromatic rings. The number of hydrogen-bond donors (Lipinski definition) is 3. The SMILES string of the molecule is CCCCC/C=C\CC1OC1C/C=C\C/C=C\CCCC(=O)O[C@H](COC(=O)CCCCCCCCCCCCCCCCCCCCC(C)CC)COP(=O)(O)OC[C@@H](O)CO. The van der Waals surface area contributed by atoms with E-state index in [1.807, 2.05) is 6.08 Å². The summed E-state index contributed by atoms with van der Waals surface area (Å²) in [4.78, 5) is 35.2. The number of allylic oxidation sites excluding steroid dienone is 4. The topological polar surface area (TPSA) is 161 Å². The van der Waals surface area contributed by atoms with Crippen LogP contribution in [0.1, 0.15) is 220 Å². The largest absolute Gasteiger partial charge is 0.472 e. The summed E-state index contributed by atoms with van der Waals surface area (Å²) in [5.41, 5.74) is 0. The molecular formula is C51H93O11P. The van der Waals surface area contributed by atoms with Gasteiger partial charge >= 0.3 is 19.8 Å². The summed E-state index contributed by atoms with van der Waals surface area (Å²) in [6, 6.07) is 0. The van der Waals surface area contributed by atoms with Crippen LogP contribution in [0.3, 0.4) is 0 Å². The van der Waals surface area contributed by atoms with Crippen LogP contribution in [0.2, 0.25) is 0 Å². The number of carbonyl (C=O) groups excluding carboxylic acids is 2. The van der Waals surface area contributed by atoms with E-state index in [0.717, 1.165) is 50.9 Å². The highest BCUT2D eigenvalue weighted by Gasteiger charge is 2.36. The van der Waals surface area contributed by atoms with E-state index in [2.05, 4.69) is 51.2 Å². The summed E-state index contributed by atoms with van der Waals surface area (Å²) in [7, 11) is -4.64. The van der Waals surface area contributed by atoms with Crippen LogP contribution in [0.15, 0.2) is 36.5 Å². The summed E-state index contributed by atoms with van der Waals surface area (Å²) in [5.74, 6) is -0.0962. The summed E-state index contributed by atoms with van der Waals surface area (Å²) >= 11 is 0. The third kappa shape index (κ3) is 39.1. The molecule has 4 unspecified atom stereocenters. The number of ether oxygens (including phenoxy) is 3. The second-order valence-corrected chi connectivity index (χ2v) is 19.3. The Labute approximate surface area is 384 Å². The number of rotatable bonds is 46. The van der Waals surface area contributed by atoms with E-state index in [-0.39, 0.29) is 19.4 Å². The van der Waals surface area contributed by atoms with Crippen LogP contribution in [0.25, 0.3) is 0 Å². The van der Waals surface area contributed by atoms with Crippen LogP contribution in [0.4, 0.5) is 0 Å². The quantitative estimate of drug-likeness (QED) is 0.0175. The first-order valence-corrected chi connectivity index (χ1v) is 27.0. The van der Waals surface area contributed by atoms with Gasteiger partial charge in [0.2, 0.25) is 0 Å². The molecule has 1 rings (SSSR count). The summed E-state index contributed by atoms with van der Waals surface area (Å²) in [5, 5.41) is 18.4. The van der Waals surface area contributed by atoms with Crippen molar-refractivity contribution in [1.29, 1.82) is 0 Å². The van der Waals surface area contributed by atoms with Gasteiger partial charge in [-0.05, 0) is 57.3 Å². The van der Waals surface area contributed by atoms with Crippen molar-refractivity contribution in [1.82, 2.24) is 0 Å². The zero-order chi connectivity index (χ0) is 46.1. The Morgan fingerprint density at radius 2 is 1.11 bits per heavy atom. The molecule has 3 N–H and O–H groups in total. The van der Waals surface area contributed by atoms with Gasteiger partial charge in [-0.1, -0.05) is 192 Å². The number of esters is 2. The number of hydrogen-bond acceptors (Lipinski definition) is 10.